The molecule has 7 heteroatoms. The van der Waals surface area contributed by atoms with Gasteiger partial charge in [-0.05, 0) is 69.6 Å². The zero-order chi connectivity index (χ0) is 19.7. The van der Waals surface area contributed by atoms with Crippen LogP contribution in [0.15, 0.2) is 18.2 Å². The van der Waals surface area contributed by atoms with E-state index in [-0.39, 0.29) is 42.2 Å². The molecule has 2 bridgehead atoms. The normalized spacial score (nSPS) is 26.4. The Morgan fingerprint density at radius 3 is 2.39 bits per heavy atom. The third kappa shape index (κ3) is 4.81. The number of nitrogens with two attached hydrogens (primary N) is 1. The predicted molar refractivity (Wildman–Crippen MR) is 116 cm³/mol. The van der Waals surface area contributed by atoms with Gasteiger partial charge in [0.15, 0.2) is 0 Å². The molecule has 28 heavy (non-hydrogen) atoms. The Morgan fingerprint density at radius 2 is 1.82 bits per heavy atom. The second kappa shape index (κ2) is 9.47. The lowest BCUT2D eigenvalue weighted by molar-refractivity contribution is -0.122. The molecular weight excluding hydrogens is 397 g/mol. The number of nitrogens with zero attached hydrogens (tertiary/aromatic N) is 1. The number of fused-ring (bicyclic) bond motifs is 2. The van der Waals surface area contributed by atoms with Crippen LogP contribution >= 0.6 is 24.0 Å². The quantitative estimate of drug-likeness (QED) is 0.750. The molecule has 0 saturated heterocycles. The van der Waals surface area contributed by atoms with E-state index < -0.39 is 0 Å². The standard InChI is InChI=1S/C21H30ClN3O2.ClH/c1-12(2)25(3)21(27)15-7-8-17(22)18(11-15)24-20(26)16-9-13-5-4-6-14(10-16)19(13)23;/h7-8,11-14,16,19H,4-6,9-10,23H2,1-3H3,(H,24,26);1H. The van der Waals surface area contributed by atoms with Crippen molar-refractivity contribution in [3.05, 3.63) is 28.8 Å². The van der Waals surface area contributed by atoms with Crippen molar-refractivity contribution in [1.82, 2.24) is 4.90 Å². The largest absolute Gasteiger partial charge is 0.339 e. The summed E-state index contributed by atoms with van der Waals surface area (Å²) in [6.07, 6.45) is 5.14. The van der Waals surface area contributed by atoms with Gasteiger partial charge in [0.25, 0.3) is 5.91 Å². The van der Waals surface area contributed by atoms with Crippen LogP contribution in [0.25, 0.3) is 0 Å². The van der Waals surface area contributed by atoms with Crippen molar-refractivity contribution in [2.24, 2.45) is 23.5 Å². The minimum atomic E-state index is -0.0877. The molecule has 1 aromatic rings. The second-order valence-electron chi connectivity index (χ2n) is 8.39. The number of anilines is 1. The summed E-state index contributed by atoms with van der Waals surface area (Å²) < 4.78 is 0. The molecule has 2 amide bonds. The number of hydrogen-bond donors (Lipinski definition) is 2. The van der Waals surface area contributed by atoms with E-state index in [0.717, 1.165) is 25.7 Å². The summed E-state index contributed by atoms with van der Waals surface area (Å²) in [4.78, 5) is 27.1. The van der Waals surface area contributed by atoms with E-state index in [4.69, 9.17) is 17.3 Å². The lowest BCUT2D eigenvalue weighted by atomic mass is 9.65. The number of hydrogen-bond acceptors (Lipinski definition) is 3. The molecule has 3 N–H and O–H groups in total. The van der Waals surface area contributed by atoms with Gasteiger partial charge in [-0.2, -0.15) is 0 Å². The highest BCUT2D eigenvalue weighted by Gasteiger charge is 2.40. The Kier molecular flexibility index (Phi) is 7.77. The van der Waals surface area contributed by atoms with Crippen LogP contribution in [0.1, 0.15) is 56.3 Å². The minimum Gasteiger partial charge on any atom is -0.339 e. The molecule has 2 aliphatic carbocycles. The number of halogens is 2. The lowest BCUT2D eigenvalue weighted by Crippen LogP contribution is -2.48. The molecule has 2 unspecified atom stereocenters. The summed E-state index contributed by atoms with van der Waals surface area (Å²) in [5.74, 6) is 0.749. The van der Waals surface area contributed by atoms with E-state index in [0.29, 0.717) is 28.1 Å². The number of rotatable bonds is 4. The minimum absolute atomic E-state index is 0. The number of amides is 2. The first-order valence-corrected chi connectivity index (χ1v) is 10.3. The maximum absolute atomic E-state index is 12.9. The third-order valence-corrected chi connectivity index (χ3v) is 6.68. The Bertz CT molecular complexity index is 712. The highest BCUT2D eigenvalue weighted by atomic mass is 35.5. The molecule has 5 nitrogen and oxygen atoms in total. The van der Waals surface area contributed by atoms with Gasteiger partial charge in [-0.3, -0.25) is 9.59 Å². The zero-order valence-corrected chi connectivity index (χ0v) is 18.4. The van der Waals surface area contributed by atoms with E-state index in [1.54, 1.807) is 30.1 Å². The molecule has 2 aliphatic rings. The van der Waals surface area contributed by atoms with E-state index in [9.17, 15) is 9.59 Å². The van der Waals surface area contributed by atoms with Gasteiger partial charge < -0.3 is 16.0 Å². The van der Waals surface area contributed by atoms with E-state index in [1.165, 1.54) is 6.42 Å². The van der Waals surface area contributed by atoms with Gasteiger partial charge in [-0.15, -0.1) is 12.4 Å². The monoisotopic (exact) mass is 427 g/mol. The molecule has 2 atom stereocenters. The summed E-state index contributed by atoms with van der Waals surface area (Å²) in [5, 5.41) is 3.41. The topological polar surface area (TPSA) is 75.4 Å². The van der Waals surface area contributed by atoms with Crippen LogP contribution in [-0.4, -0.2) is 35.8 Å². The Morgan fingerprint density at radius 1 is 1.21 bits per heavy atom. The van der Waals surface area contributed by atoms with Crippen LogP contribution in [0.4, 0.5) is 5.69 Å². The van der Waals surface area contributed by atoms with E-state index in [2.05, 4.69) is 5.32 Å². The molecule has 2 saturated carbocycles. The lowest BCUT2D eigenvalue weighted by Gasteiger charge is -2.43. The molecule has 0 radical (unpaired) electrons. The van der Waals surface area contributed by atoms with Gasteiger partial charge in [0.1, 0.15) is 0 Å². The molecule has 1 aromatic carbocycles. The molecule has 0 aliphatic heterocycles. The van der Waals surface area contributed by atoms with E-state index in [1.807, 2.05) is 13.8 Å². The highest BCUT2D eigenvalue weighted by Crippen LogP contribution is 2.42. The zero-order valence-electron chi connectivity index (χ0n) is 16.8. The summed E-state index contributed by atoms with van der Waals surface area (Å²) in [6, 6.07) is 5.38. The summed E-state index contributed by atoms with van der Waals surface area (Å²) in [6.45, 7) is 3.92. The van der Waals surface area contributed by atoms with Crippen molar-refractivity contribution in [2.45, 2.75) is 58.0 Å². The van der Waals surface area contributed by atoms with Crippen molar-refractivity contribution in [2.75, 3.05) is 12.4 Å². The summed E-state index contributed by atoms with van der Waals surface area (Å²) in [5.41, 5.74) is 7.36. The molecule has 3 rings (SSSR count). The predicted octanol–water partition coefficient (Wildman–Crippen LogP) is 4.33. The molecule has 0 spiro atoms. The van der Waals surface area contributed by atoms with Crippen LogP contribution in [0.3, 0.4) is 0 Å². The highest BCUT2D eigenvalue weighted by molar-refractivity contribution is 6.33. The van der Waals surface area contributed by atoms with Crippen molar-refractivity contribution in [1.29, 1.82) is 0 Å². The Labute approximate surface area is 178 Å². The molecular formula is C21H31Cl2N3O2. The fourth-order valence-electron chi connectivity index (χ4n) is 4.43. The third-order valence-electron chi connectivity index (χ3n) is 6.35. The maximum Gasteiger partial charge on any atom is 0.253 e. The van der Waals surface area contributed by atoms with Crippen molar-refractivity contribution >= 4 is 41.5 Å². The molecule has 0 heterocycles. The molecule has 2 fully saturated rings. The molecule has 0 aromatic heterocycles. The van der Waals surface area contributed by atoms with Gasteiger partial charge in [-0.1, -0.05) is 18.0 Å². The first-order chi connectivity index (χ1) is 12.8. The van der Waals surface area contributed by atoms with Crippen LogP contribution in [0.5, 0.6) is 0 Å². The number of carbonyl (C=O) groups is 2. The van der Waals surface area contributed by atoms with Crippen molar-refractivity contribution in [3.63, 3.8) is 0 Å². The number of carbonyl (C=O) groups excluding carboxylic acids is 2. The Balaban J connectivity index is 0.00000280. The van der Waals surface area contributed by atoms with Crippen LogP contribution in [-0.2, 0) is 4.79 Å². The van der Waals surface area contributed by atoms with Crippen LogP contribution in [0.2, 0.25) is 5.02 Å². The van der Waals surface area contributed by atoms with Gasteiger partial charge in [0, 0.05) is 30.6 Å². The average molecular weight is 428 g/mol. The van der Waals surface area contributed by atoms with E-state index >= 15 is 0 Å². The fraction of sp³-hybridized carbons (Fsp3) is 0.619. The Hall–Kier alpha value is -1.30. The average Bonchev–Trinajstić information content (AvgIpc) is 2.61. The first kappa shape index (κ1) is 23.0. The smallest absolute Gasteiger partial charge is 0.253 e. The van der Waals surface area contributed by atoms with Crippen molar-refractivity contribution < 1.29 is 9.59 Å². The van der Waals surface area contributed by atoms with Crippen LogP contribution < -0.4 is 11.1 Å². The molecule has 156 valence electrons. The van der Waals surface area contributed by atoms with Gasteiger partial charge >= 0.3 is 0 Å². The second-order valence-corrected chi connectivity index (χ2v) is 8.80. The summed E-state index contributed by atoms with van der Waals surface area (Å²) >= 11 is 6.29. The van der Waals surface area contributed by atoms with Crippen molar-refractivity contribution in [3.8, 4) is 0 Å². The fourth-order valence-corrected chi connectivity index (χ4v) is 4.60. The van der Waals surface area contributed by atoms with Gasteiger partial charge in [-0.25, -0.2) is 0 Å². The SMILES string of the molecule is CC(C)N(C)C(=O)c1ccc(Cl)c(NC(=O)C2CC3CCCC(C2)C3N)c1.Cl. The van der Waals surface area contributed by atoms with Gasteiger partial charge in [0.05, 0.1) is 10.7 Å². The first-order valence-electron chi connectivity index (χ1n) is 9.91. The van der Waals surface area contributed by atoms with Crippen LogP contribution in [0, 0.1) is 17.8 Å². The summed E-state index contributed by atoms with van der Waals surface area (Å²) in [7, 11) is 1.77. The maximum atomic E-state index is 12.9. The number of nitrogens with one attached hydrogen (secondary N) is 1. The van der Waals surface area contributed by atoms with Gasteiger partial charge in [0.2, 0.25) is 5.91 Å². The number of benzene rings is 1.